The van der Waals surface area contributed by atoms with Gasteiger partial charge in [0.05, 0.1) is 22.4 Å². The van der Waals surface area contributed by atoms with Gasteiger partial charge in [-0.05, 0) is 50.2 Å². The van der Waals surface area contributed by atoms with Crippen molar-refractivity contribution in [2.45, 2.75) is 37.3 Å². The molecule has 0 amide bonds. The lowest BCUT2D eigenvalue weighted by molar-refractivity contribution is -0.156. The van der Waals surface area contributed by atoms with Gasteiger partial charge < -0.3 is 9.47 Å². The monoisotopic (exact) mass is 555 g/mol. The highest BCUT2D eigenvalue weighted by Crippen LogP contribution is 2.45. The number of nitrogens with zero attached hydrogens (tertiary/aromatic N) is 1. The van der Waals surface area contributed by atoms with Crippen LogP contribution in [0.25, 0.3) is 0 Å². The van der Waals surface area contributed by atoms with E-state index < -0.39 is 23.6 Å². The molecule has 0 unspecified atom stereocenters. The molecule has 5 nitrogen and oxygen atoms in total. The van der Waals surface area contributed by atoms with E-state index in [1.807, 2.05) is 13.8 Å². The largest absolute Gasteiger partial charge is 0.486 e. The first-order valence-electron chi connectivity index (χ1n) is 9.72. The van der Waals surface area contributed by atoms with Gasteiger partial charge in [0.25, 0.3) is 0 Å². The number of carbonyl (C=O) groups is 2. The van der Waals surface area contributed by atoms with Crippen molar-refractivity contribution in [3.63, 3.8) is 0 Å². The molecular weight excluding hydrogens is 537 g/mol. The number of carbonyl (C=O) groups excluding carboxylic acids is 2. The van der Waals surface area contributed by atoms with Gasteiger partial charge in [-0.25, -0.2) is 0 Å². The molecule has 1 aliphatic heterocycles. The van der Waals surface area contributed by atoms with E-state index in [1.165, 1.54) is 12.1 Å². The topological polar surface area (TPSA) is 76.4 Å². The summed E-state index contributed by atoms with van der Waals surface area (Å²) in [5.74, 6) is -0.203. The minimum atomic E-state index is -0.649. The van der Waals surface area contributed by atoms with Crippen molar-refractivity contribution in [2.75, 3.05) is 5.75 Å². The highest BCUT2D eigenvalue weighted by Gasteiger charge is 2.45. The van der Waals surface area contributed by atoms with E-state index in [0.717, 1.165) is 11.8 Å². The maximum Gasteiger partial charge on any atom is 0.310 e. The Bertz CT molecular complexity index is 1080. The van der Waals surface area contributed by atoms with Crippen molar-refractivity contribution < 1.29 is 19.1 Å². The van der Waals surface area contributed by atoms with Gasteiger partial charge in [-0.2, -0.15) is 5.26 Å². The van der Waals surface area contributed by atoms with Crippen molar-refractivity contribution in [3.05, 3.63) is 63.1 Å². The molecule has 1 heterocycles. The Hall–Kier alpha value is -1.72. The quantitative estimate of drug-likeness (QED) is 0.305. The van der Waals surface area contributed by atoms with Crippen LogP contribution in [0.5, 0.6) is 5.75 Å². The number of hydrogen-bond donors (Lipinski definition) is 0. The van der Waals surface area contributed by atoms with Gasteiger partial charge in [-0.15, -0.1) is 0 Å². The first kappa shape index (κ1) is 24.9. The Morgan fingerprint density at radius 1 is 1.25 bits per heavy atom. The third-order valence-electron chi connectivity index (χ3n) is 4.96. The number of hydrogen-bond acceptors (Lipinski definition) is 6. The molecule has 0 aliphatic carbocycles. The zero-order valence-electron chi connectivity index (χ0n) is 17.5. The summed E-state index contributed by atoms with van der Waals surface area (Å²) in [6, 6.07) is 11.8. The maximum atomic E-state index is 12.9. The number of rotatable bonds is 5. The van der Waals surface area contributed by atoms with Crippen LogP contribution in [0, 0.1) is 17.2 Å². The lowest BCUT2D eigenvalue weighted by Gasteiger charge is -2.41. The van der Waals surface area contributed by atoms with E-state index in [9.17, 15) is 14.9 Å². The van der Waals surface area contributed by atoms with Crippen LogP contribution in [0.4, 0.5) is 0 Å². The maximum absolute atomic E-state index is 12.9. The molecule has 9 heteroatoms. The van der Waals surface area contributed by atoms with E-state index in [4.69, 9.17) is 32.7 Å². The standard InChI is InChI=1S/C23H20BrCl2NO4S/c1-12(11-32-22(29)14-7-15(25)9-16(26)8-14)21(28)30-19-17-6-13(10-27)4-5-18(17)31-23(2,3)20(19)24/h4-9,12,19-20H,11H2,1-3H3/t12-,19+,20-/m1/s1. The van der Waals surface area contributed by atoms with Gasteiger partial charge in [0.2, 0.25) is 5.12 Å². The lowest BCUT2D eigenvalue weighted by Crippen LogP contribution is -2.47. The number of ether oxygens (including phenoxy) is 2. The van der Waals surface area contributed by atoms with Crippen LogP contribution < -0.4 is 4.74 Å². The third-order valence-corrected chi connectivity index (χ3v) is 8.14. The molecule has 2 aromatic carbocycles. The van der Waals surface area contributed by atoms with Crippen LogP contribution in [-0.2, 0) is 9.53 Å². The number of halogens is 3. The zero-order valence-corrected chi connectivity index (χ0v) is 21.4. The van der Waals surface area contributed by atoms with Gasteiger partial charge in [0.15, 0.2) is 0 Å². The normalized spacial score (nSPS) is 19.8. The number of thioether (sulfide) groups is 1. The fraction of sp³-hybridized carbons (Fsp3) is 0.348. The molecule has 2 aromatic rings. The van der Waals surface area contributed by atoms with Crippen molar-refractivity contribution in [3.8, 4) is 11.8 Å². The van der Waals surface area contributed by atoms with Crippen LogP contribution in [0.2, 0.25) is 10.0 Å². The van der Waals surface area contributed by atoms with Crippen molar-refractivity contribution in [1.29, 1.82) is 5.26 Å². The zero-order chi connectivity index (χ0) is 23.6. The summed E-state index contributed by atoms with van der Waals surface area (Å²) < 4.78 is 11.9. The van der Waals surface area contributed by atoms with Gasteiger partial charge in [0, 0.05) is 26.9 Å². The number of esters is 1. The van der Waals surface area contributed by atoms with Crippen molar-refractivity contribution >= 4 is 62.0 Å². The van der Waals surface area contributed by atoms with E-state index in [2.05, 4.69) is 22.0 Å². The molecule has 0 aromatic heterocycles. The van der Waals surface area contributed by atoms with Crippen molar-refractivity contribution in [2.24, 2.45) is 5.92 Å². The van der Waals surface area contributed by atoms with Crippen molar-refractivity contribution in [1.82, 2.24) is 0 Å². The fourth-order valence-corrected chi connectivity index (χ4v) is 5.02. The minimum absolute atomic E-state index is 0.229. The first-order valence-corrected chi connectivity index (χ1v) is 12.4. The smallest absolute Gasteiger partial charge is 0.310 e. The number of fused-ring (bicyclic) bond motifs is 1. The summed E-state index contributed by atoms with van der Waals surface area (Å²) in [5.41, 5.74) is 0.800. The van der Waals surface area contributed by atoms with Gasteiger partial charge in [0.1, 0.15) is 17.5 Å². The lowest BCUT2D eigenvalue weighted by atomic mass is 9.90. The third kappa shape index (κ3) is 5.60. The second kappa shape index (κ2) is 10.0. The molecule has 3 atom stereocenters. The molecule has 3 rings (SSSR count). The SMILES string of the molecule is C[C@H](CSC(=O)c1cc(Cl)cc(Cl)c1)C(=O)O[C@H]1c2cc(C#N)ccc2OC(C)(C)[C@@H]1Br. The first-order chi connectivity index (χ1) is 15.0. The highest BCUT2D eigenvalue weighted by molar-refractivity contribution is 9.09. The Morgan fingerprint density at radius 3 is 2.53 bits per heavy atom. The summed E-state index contributed by atoms with van der Waals surface area (Å²) in [6.07, 6.45) is -0.649. The average molecular weight is 557 g/mol. The molecule has 168 valence electrons. The van der Waals surface area contributed by atoms with E-state index >= 15 is 0 Å². The molecule has 32 heavy (non-hydrogen) atoms. The van der Waals surface area contributed by atoms with E-state index in [-0.39, 0.29) is 15.7 Å². The number of nitriles is 1. The molecule has 0 bridgehead atoms. The minimum Gasteiger partial charge on any atom is -0.486 e. The van der Waals surface area contributed by atoms with Crippen LogP contribution >= 0.6 is 50.9 Å². The van der Waals surface area contributed by atoms with E-state index in [0.29, 0.717) is 32.5 Å². The Balaban J connectivity index is 1.71. The molecule has 0 spiro atoms. The van der Waals surface area contributed by atoms with Crippen LogP contribution in [0.3, 0.4) is 0 Å². The molecular formula is C23H20BrCl2NO4S. The second-order valence-corrected chi connectivity index (χ2v) is 10.8. The number of benzene rings is 2. The van der Waals surface area contributed by atoms with E-state index in [1.54, 1.807) is 31.2 Å². The van der Waals surface area contributed by atoms with Gasteiger partial charge >= 0.3 is 5.97 Å². The van der Waals surface area contributed by atoms with Crippen LogP contribution in [0.1, 0.15) is 48.4 Å². The fourth-order valence-electron chi connectivity index (χ4n) is 3.18. The summed E-state index contributed by atoms with van der Waals surface area (Å²) in [6.45, 7) is 5.48. The number of alkyl halides is 1. The Morgan fingerprint density at radius 2 is 1.91 bits per heavy atom. The van der Waals surface area contributed by atoms with Gasteiger partial charge in [-0.1, -0.05) is 57.8 Å². The highest BCUT2D eigenvalue weighted by atomic mass is 79.9. The predicted molar refractivity (Wildman–Crippen MR) is 130 cm³/mol. The summed E-state index contributed by atoms with van der Waals surface area (Å²) in [5, 5.41) is 9.76. The summed E-state index contributed by atoms with van der Waals surface area (Å²) in [7, 11) is 0. The molecule has 0 saturated heterocycles. The summed E-state index contributed by atoms with van der Waals surface area (Å²) >= 11 is 16.5. The molecule has 0 saturated carbocycles. The second-order valence-electron chi connectivity index (χ2n) is 7.99. The molecule has 1 aliphatic rings. The molecule has 0 N–H and O–H groups in total. The Labute approximate surface area is 209 Å². The summed E-state index contributed by atoms with van der Waals surface area (Å²) in [4.78, 5) is 25.0. The molecule has 0 fully saturated rings. The van der Waals surface area contributed by atoms with Gasteiger partial charge in [-0.3, -0.25) is 9.59 Å². The van der Waals surface area contributed by atoms with Crippen LogP contribution in [-0.4, -0.2) is 27.3 Å². The Kier molecular flexibility index (Phi) is 7.82. The molecule has 0 radical (unpaired) electrons. The average Bonchev–Trinajstić information content (AvgIpc) is 2.73. The van der Waals surface area contributed by atoms with Crippen LogP contribution in [0.15, 0.2) is 36.4 Å². The predicted octanol–water partition coefficient (Wildman–Crippen LogP) is 6.59.